The first-order valence-corrected chi connectivity index (χ1v) is 6.14. The molecule has 1 aliphatic heterocycles. The number of amides is 1. The highest BCUT2D eigenvalue weighted by molar-refractivity contribution is 5.98. The molecule has 4 heteroatoms. The lowest BCUT2D eigenvalue weighted by Gasteiger charge is -2.23. The molecule has 0 aliphatic carbocycles. The first-order chi connectivity index (χ1) is 8.52. The fourth-order valence-corrected chi connectivity index (χ4v) is 2.24. The van der Waals surface area contributed by atoms with E-state index >= 15 is 0 Å². The van der Waals surface area contributed by atoms with E-state index in [9.17, 15) is 9.59 Å². The van der Waals surface area contributed by atoms with Gasteiger partial charge in [0.2, 0.25) is 5.91 Å². The summed E-state index contributed by atoms with van der Waals surface area (Å²) in [6, 6.07) is 7.78. The SMILES string of the molecule is CC(C(=O)O)C(C)C(=O)N1CCc2ccccc21. The molecular formula is C14H17NO3. The van der Waals surface area contributed by atoms with Crippen LogP contribution in [0.1, 0.15) is 19.4 Å². The van der Waals surface area contributed by atoms with E-state index in [1.807, 2.05) is 24.3 Å². The van der Waals surface area contributed by atoms with Gasteiger partial charge in [-0.15, -0.1) is 0 Å². The molecule has 4 nitrogen and oxygen atoms in total. The Balaban J connectivity index is 2.19. The van der Waals surface area contributed by atoms with Crippen molar-refractivity contribution in [2.24, 2.45) is 11.8 Å². The third-order valence-electron chi connectivity index (χ3n) is 3.68. The van der Waals surface area contributed by atoms with Crippen molar-refractivity contribution in [1.82, 2.24) is 0 Å². The Morgan fingerprint density at radius 1 is 1.22 bits per heavy atom. The molecule has 1 aromatic rings. The van der Waals surface area contributed by atoms with E-state index in [4.69, 9.17) is 5.11 Å². The summed E-state index contributed by atoms with van der Waals surface area (Å²) in [5.41, 5.74) is 2.08. The first-order valence-electron chi connectivity index (χ1n) is 6.14. The van der Waals surface area contributed by atoms with Crippen LogP contribution in [0.2, 0.25) is 0 Å². The van der Waals surface area contributed by atoms with Gasteiger partial charge >= 0.3 is 5.97 Å². The molecule has 18 heavy (non-hydrogen) atoms. The highest BCUT2D eigenvalue weighted by Gasteiger charge is 2.32. The molecule has 0 fully saturated rings. The van der Waals surface area contributed by atoms with Crippen LogP contribution in [0.25, 0.3) is 0 Å². The summed E-state index contributed by atoms with van der Waals surface area (Å²) >= 11 is 0. The molecule has 0 bridgehead atoms. The number of para-hydroxylation sites is 1. The Morgan fingerprint density at radius 3 is 2.56 bits per heavy atom. The van der Waals surface area contributed by atoms with Crippen molar-refractivity contribution in [1.29, 1.82) is 0 Å². The number of hydrogen-bond acceptors (Lipinski definition) is 2. The fourth-order valence-electron chi connectivity index (χ4n) is 2.24. The topological polar surface area (TPSA) is 57.6 Å². The van der Waals surface area contributed by atoms with Gasteiger partial charge in [0.05, 0.1) is 5.92 Å². The maximum absolute atomic E-state index is 12.3. The summed E-state index contributed by atoms with van der Waals surface area (Å²) in [6.07, 6.45) is 0.843. The standard InChI is InChI=1S/C14H17NO3/c1-9(10(2)14(17)18)13(16)15-8-7-11-5-3-4-6-12(11)15/h3-6,9-10H,7-8H2,1-2H3,(H,17,18). The third-order valence-corrected chi connectivity index (χ3v) is 3.68. The van der Waals surface area contributed by atoms with Crippen LogP contribution in [-0.2, 0) is 16.0 Å². The fraction of sp³-hybridized carbons (Fsp3) is 0.429. The Labute approximate surface area is 106 Å². The van der Waals surface area contributed by atoms with Crippen molar-refractivity contribution in [2.75, 3.05) is 11.4 Å². The van der Waals surface area contributed by atoms with Crippen LogP contribution < -0.4 is 4.90 Å². The predicted molar refractivity (Wildman–Crippen MR) is 68.5 cm³/mol. The van der Waals surface area contributed by atoms with E-state index in [1.165, 1.54) is 0 Å². The van der Waals surface area contributed by atoms with E-state index in [2.05, 4.69) is 0 Å². The van der Waals surface area contributed by atoms with Gasteiger partial charge in [-0.1, -0.05) is 32.0 Å². The summed E-state index contributed by atoms with van der Waals surface area (Å²) in [7, 11) is 0. The summed E-state index contributed by atoms with van der Waals surface area (Å²) < 4.78 is 0. The Hall–Kier alpha value is -1.84. The van der Waals surface area contributed by atoms with Gasteiger partial charge in [0.1, 0.15) is 0 Å². The smallest absolute Gasteiger partial charge is 0.307 e. The summed E-state index contributed by atoms with van der Waals surface area (Å²) in [6.45, 7) is 3.91. The van der Waals surface area contributed by atoms with Crippen molar-refractivity contribution < 1.29 is 14.7 Å². The number of nitrogens with zero attached hydrogens (tertiary/aromatic N) is 1. The van der Waals surface area contributed by atoms with Crippen LogP contribution >= 0.6 is 0 Å². The second kappa shape index (κ2) is 4.80. The number of benzene rings is 1. The average Bonchev–Trinajstić information content (AvgIpc) is 2.79. The molecule has 0 aromatic heterocycles. The monoisotopic (exact) mass is 247 g/mol. The van der Waals surface area contributed by atoms with Gasteiger partial charge in [0.15, 0.2) is 0 Å². The number of anilines is 1. The van der Waals surface area contributed by atoms with Crippen LogP contribution in [0.15, 0.2) is 24.3 Å². The molecule has 2 rings (SSSR count). The Kier molecular flexibility index (Phi) is 3.36. The number of carbonyl (C=O) groups excluding carboxylic acids is 1. The number of aliphatic carboxylic acids is 1. The summed E-state index contributed by atoms with van der Waals surface area (Å²) in [5.74, 6) is -2.20. The van der Waals surface area contributed by atoms with Crippen LogP contribution in [-0.4, -0.2) is 23.5 Å². The third kappa shape index (κ3) is 2.10. The number of carboxylic acids is 1. The predicted octanol–water partition coefficient (Wildman–Crippen LogP) is 1.93. The lowest BCUT2D eigenvalue weighted by Crippen LogP contribution is -2.38. The van der Waals surface area contributed by atoms with Gasteiger partial charge in [-0.3, -0.25) is 9.59 Å². The minimum Gasteiger partial charge on any atom is -0.481 e. The zero-order valence-corrected chi connectivity index (χ0v) is 10.6. The van der Waals surface area contributed by atoms with Gasteiger partial charge in [0, 0.05) is 18.2 Å². The van der Waals surface area contributed by atoms with E-state index in [1.54, 1.807) is 18.7 Å². The zero-order chi connectivity index (χ0) is 13.3. The largest absolute Gasteiger partial charge is 0.481 e. The van der Waals surface area contributed by atoms with Gasteiger partial charge in [-0.25, -0.2) is 0 Å². The maximum Gasteiger partial charge on any atom is 0.307 e. The Morgan fingerprint density at radius 2 is 1.89 bits per heavy atom. The minimum atomic E-state index is -0.927. The molecule has 2 unspecified atom stereocenters. The molecule has 0 saturated carbocycles. The van der Waals surface area contributed by atoms with Gasteiger partial charge in [-0.05, 0) is 18.1 Å². The van der Waals surface area contributed by atoms with Gasteiger partial charge < -0.3 is 10.0 Å². The van der Waals surface area contributed by atoms with Crippen molar-refractivity contribution >= 4 is 17.6 Å². The minimum absolute atomic E-state index is 0.102. The van der Waals surface area contributed by atoms with Crippen LogP contribution in [0.4, 0.5) is 5.69 Å². The van der Waals surface area contributed by atoms with Crippen molar-refractivity contribution in [3.05, 3.63) is 29.8 Å². The maximum atomic E-state index is 12.3. The molecule has 2 atom stereocenters. The first kappa shape index (κ1) is 12.6. The highest BCUT2D eigenvalue weighted by atomic mass is 16.4. The zero-order valence-electron chi connectivity index (χ0n) is 10.6. The highest BCUT2D eigenvalue weighted by Crippen LogP contribution is 2.29. The molecule has 1 aliphatic rings. The number of hydrogen-bond donors (Lipinski definition) is 1. The van der Waals surface area contributed by atoms with E-state index < -0.39 is 17.8 Å². The summed E-state index contributed by atoms with van der Waals surface area (Å²) in [5, 5.41) is 8.97. The van der Waals surface area contributed by atoms with Crippen molar-refractivity contribution in [3.8, 4) is 0 Å². The van der Waals surface area contributed by atoms with E-state index in [0.717, 1.165) is 17.7 Å². The quantitative estimate of drug-likeness (QED) is 0.888. The molecule has 96 valence electrons. The second-order valence-electron chi connectivity index (χ2n) is 4.78. The molecule has 1 N–H and O–H groups in total. The number of fused-ring (bicyclic) bond motifs is 1. The molecular weight excluding hydrogens is 230 g/mol. The molecule has 0 spiro atoms. The second-order valence-corrected chi connectivity index (χ2v) is 4.78. The lowest BCUT2D eigenvalue weighted by molar-refractivity contribution is -0.145. The molecule has 1 amide bonds. The lowest BCUT2D eigenvalue weighted by atomic mass is 9.94. The number of rotatable bonds is 3. The molecule has 0 saturated heterocycles. The molecule has 1 heterocycles. The molecule has 1 aromatic carbocycles. The number of carboxylic acid groups (broad SMARTS) is 1. The molecule has 0 radical (unpaired) electrons. The van der Waals surface area contributed by atoms with E-state index in [-0.39, 0.29) is 5.91 Å². The van der Waals surface area contributed by atoms with Crippen molar-refractivity contribution in [2.45, 2.75) is 20.3 Å². The van der Waals surface area contributed by atoms with Gasteiger partial charge in [0.25, 0.3) is 0 Å². The number of carbonyl (C=O) groups is 2. The summed E-state index contributed by atoms with van der Waals surface area (Å²) in [4.78, 5) is 25.0. The average molecular weight is 247 g/mol. The van der Waals surface area contributed by atoms with Crippen molar-refractivity contribution in [3.63, 3.8) is 0 Å². The van der Waals surface area contributed by atoms with Crippen LogP contribution in [0.5, 0.6) is 0 Å². The van der Waals surface area contributed by atoms with E-state index in [0.29, 0.717) is 6.54 Å². The van der Waals surface area contributed by atoms with Crippen LogP contribution in [0.3, 0.4) is 0 Å². The Bertz CT molecular complexity index is 484. The normalized spacial score (nSPS) is 17.1. The van der Waals surface area contributed by atoms with Crippen LogP contribution in [0, 0.1) is 11.8 Å². The van der Waals surface area contributed by atoms with Gasteiger partial charge in [-0.2, -0.15) is 0 Å².